The number of piperidine rings is 1. The van der Waals surface area contributed by atoms with E-state index < -0.39 is 6.16 Å². The van der Waals surface area contributed by atoms with Gasteiger partial charge in [-0.05, 0) is 37.3 Å². The molecule has 1 aliphatic rings. The summed E-state index contributed by atoms with van der Waals surface area (Å²) in [5, 5.41) is 11.2. The first-order valence-electron chi connectivity index (χ1n) is 12.2. The van der Waals surface area contributed by atoms with Crippen LogP contribution in [0.5, 0.6) is 11.8 Å². The zero-order valence-corrected chi connectivity index (χ0v) is 20.8. The zero-order chi connectivity index (χ0) is 24.8. The maximum absolute atomic E-state index is 12.1. The van der Waals surface area contributed by atoms with E-state index >= 15 is 0 Å². The number of rotatable bonds is 9. The second-order valence-corrected chi connectivity index (χ2v) is 9.42. The van der Waals surface area contributed by atoms with Crippen LogP contribution in [-0.4, -0.2) is 51.5 Å². The number of nitrogens with zero attached hydrogens (tertiary/aromatic N) is 4. The highest BCUT2D eigenvalue weighted by Gasteiger charge is 2.20. The van der Waals surface area contributed by atoms with Gasteiger partial charge in [-0.3, -0.25) is 0 Å². The van der Waals surface area contributed by atoms with Gasteiger partial charge >= 0.3 is 12.2 Å². The van der Waals surface area contributed by atoms with Crippen LogP contribution >= 0.6 is 0 Å². The highest BCUT2D eigenvalue weighted by Crippen LogP contribution is 2.25. The van der Waals surface area contributed by atoms with Crippen molar-refractivity contribution in [2.45, 2.75) is 59.1 Å². The first-order valence-corrected chi connectivity index (χ1v) is 12.2. The van der Waals surface area contributed by atoms with Crippen LogP contribution in [0.4, 0.5) is 10.7 Å². The van der Waals surface area contributed by atoms with Gasteiger partial charge in [-0.25, -0.2) is 4.79 Å². The first-order chi connectivity index (χ1) is 16.9. The van der Waals surface area contributed by atoms with E-state index in [2.05, 4.69) is 39.5 Å². The number of nitrogens with one attached hydrogen (secondary N) is 2. The Morgan fingerprint density at radius 3 is 2.80 bits per heavy atom. The van der Waals surface area contributed by atoms with Crippen LogP contribution in [-0.2, 0) is 11.3 Å². The smallest absolute Gasteiger partial charge is 0.459 e. The number of fused-ring (bicyclic) bond motifs is 1. The van der Waals surface area contributed by atoms with Gasteiger partial charge in [-0.1, -0.05) is 45.9 Å². The summed E-state index contributed by atoms with van der Waals surface area (Å²) in [7, 11) is 0. The van der Waals surface area contributed by atoms with Gasteiger partial charge in [-0.2, -0.15) is 19.6 Å². The van der Waals surface area contributed by atoms with Crippen LogP contribution in [0.15, 0.2) is 30.5 Å². The molecule has 2 aromatic heterocycles. The minimum atomic E-state index is -0.721. The fourth-order valence-electron chi connectivity index (χ4n) is 3.80. The van der Waals surface area contributed by atoms with Gasteiger partial charge in [0.25, 0.3) is 0 Å². The molecule has 1 unspecified atom stereocenters. The molecule has 1 fully saturated rings. The van der Waals surface area contributed by atoms with Crippen molar-refractivity contribution in [3.8, 4) is 11.8 Å². The number of hydrogen-bond donors (Lipinski definition) is 2. The molecule has 0 aliphatic carbocycles. The highest BCUT2D eigenvalue weighted by molar-refractivity contribution is 5.64. The molecule has 2 N–H and O–H groups in total. The van der Waals surface area contributed by atoms with E-state index in [4.69, 9.17) is 14.2 Å². The van der Waals surface area contributed by atoms with Crippen LogP contribution < -0.4 is 20.1 Å². The van der Waals surface area contributed by atoms with E-state index in [-0.39, 0.29) is 17.9 Å². The number of para-hydroxylation sites is 1. The molecule has 0 amide bonds. The Morgan fingerprint density at radius 1 is 1.23 bits per heavy atom. The number of hydrogen-bond acceptors (Lipinski definition) is 9. The standard InChI is InChI=1S/C25H34N6O4/c1-16(2)15-33-25(32)35-21-10-6-5-8-18(21)12-27-23-30-24(34-19-9-7-11-26-13-19)29-22-20(17(3)4)14-28-31(22)23/h5-6,8,10,14,16-17,19,26H,7,9,11-13,15H2,1-4H3,(H,27,29,30). The summed E-state index contributed by atoms with van der Waals surface area (Å²) in [6, 6.07) is 7.62. The molecular formula is C25H34N6O4. The molecule has 1 saturated heterocycles. The molecule has 1 atom stereocenters. The Hall–Kier alpha value is -3.40. The maximum Gasteiger partial charge on any atom is 0.513 e. The van der Waals surface area contributed by atoms with E-state index in [1.165, 1.54) is 0 Å². The molecule has 3 aromatic rings. The molecule has 0 spiro atoms. The van der Waals surface area contributed by atoms with Gasteiger partial charge in [0, 0.05) is 24.2 Å². The average Bonchev–Trinajstić information content (AvgIpc) is 3.27. The van der Waals surface area contributed by atoms with Crippen molar-refractivity contribution in [1.29, 1.82) is 0 Å². The second-order valence-electron chi connectivity index (χ2n) is 9.42. The zero-order valence-electron chi connectivity index (χ0n) is 20.8. The summed E-state index contributed by atoms with van der Waals surface area (Å²) in [6.45, 7) is 10.6. The van der Waals surface area contributed by atoms with Crippen molar-refractivity contribution in [3.05, 3.63) is 41.6 Å². The molecule has 4 rings (SSSR count). The molecule has 0 bridgehead atoms. The quantitative estimate of drug-likeness (QED) is 0.343. The molecule has 1 aliphatic heterocycles. The maximum atomic E-state index is 12.1. The van der Waals surface area contributed by atoms with Crippen molar-refractivity contribution in [3.63, 3.8) is 0 Å². The van der Waals surface area contributed by atoms with Gasteiger partial charge in [0.05, 0.1) is 12.8 Å². The summed E-state index contributed by atoms with van der Waals surface area (Å²) in [4.78, 5) is 21.4. The molecule has 10 nitrogen and oxygen atoms in total. The lowest BCUT2D eigenvalue weighted by Gasteiger charge is -2.23. The Labute approximate surface area is 205 Å². The Morgan fingerprint density at radius 2 is 2.06 bits per heavy atom. The second kappa shape index (κ2) is 11.4. The van der Waals surface area contributed by atoms with Crippen LogP contribution in [0.3, 0.4) is 0 Å². The predicted octanol–water partition coefficient (Wildman–Crippen LogP) is 4.16. The predicted molar refractivity (Wildman–Crippen MR) is 132 cm³/mol. The minimum Gasteiger partial charge on any atom is -0.459 e. The van der Waals surface area contributed by atoms with Crippen molar-refractivity contribution in [1.82, 2.24) is 24.9 Å². The van der Waals surface area contributed by atoms with Gasteiger partial charge in [0.15, 0.2) is 5.65 Å². The summed E-state index contributed by atoms with van der Waals surface area (Å²) < 4.78 is 18.4. The van der Waals surface area contributed by atoms with Crippen LogP contribution in [0.1, 0.15) is 57.6 Å². The van der Waals surface area contributed by atoms with E-state index in [0.29, 0.717) is 36.5 Å². The third-order valence-corrected chi connectivity index (χ3v) is 5.66. The average molecular weight is 483 g/mol. The van der Waals surface area contributed by atoms with E-state index in [0.717, 1.165) is 37.1 Å². The third-order valence-electron chi connectivity index (χ3n) is 5.66. The van der Waals surface area contributed by atoms with Gasteiger partial charge in [0.1, 0.15) is 11.9 Å². The van der Waals surface area contributed by atoms with E-state index in [1.54, 1.807) is 10.6 Å². The normalized spacial score (nSPS) is 16.0. The molecular weight excluding hydrogens is 448 g/mol. The number of carbonyl (C=O) groups excluding carboxylic acids is 1. The fourth-order valence-corrected chi connectivity index (χ4v) is 3.80. The first kappa shape index (κ1) is 24.7. The topological polar surface area (TPSA) is 112 Å². The minimum absolute atomic E-state index is 0.0236. The summed E-state index contributed by atoms with van der Waals surface area (Å²) in [5.41, 5.74) is 2.49. The summed E-state index contributed by atoms with van der Waals surface area (Å²) >= 11 is 0. The Balaban J connectivity index is 1.55. The van der Waals surface area contributed by atoms with Crippen molar-refractivity contribution < 1.29 is 19.0 Å². The van der Waals surface area contributed by atoms with Gasteiger partial charge < -0.3 is 24.8 Å². The summed E-state index contributed by atoms with van der Waals surface area (Å²) in [5.74, 6) is 1.39. The lowest BCUT2D eigenvalue weighted by molar-refractivity contribution is 0.0882. The molecule has 0 radical (unpaired) electrons. The number of anilines is 1. The van der Waals surface area contributed by atoms with Gasteiger partial charge in [-0.15, -0.1) is 0 Å². The van der Waals surface area contributed by atoms with Crippen LogP contribution in [0.2, 0.25) is 0 Å². The summed E-state index contributed by atoms with van der Waals surface area (Å²) in [6.07, 6.45) is 3.13. The molecule has 188 valence electrons. The molecule has 35 heavy (non-hydrogen) atoms. The monoisotopic (exact) mass is 482 g/mol. The molecule has 10 heteroatoms. The number of benzene rings is 1. The Kier molecular flexibility index (Phi) is 8.02. The third kappa shape index (κ3) is 6.39. The number of ether oxygens (including phenoxy) is 3. The number of aromatic nitrogens is 4. The van der Waals surface area contributed by atoms with Crippen molar-refractivity contribution in [2.24, 2.45) is 5.92 Å². The molecule has 1 aromatic carbocycles. The lowest BCUT2D eigenvalue weighted by atomic mass is 10.1. The Bertz CT molecular complexity index is 1140. The SMILES string of the molecule is CC(C)COC(=O)Oc1ccccc1CNc1nc(OC2CCCNC2)nc2c(C(C)C)cnn12. The molecule has 0 saturated carbocycles. The lowest BCUT2D eigenvalue weighted by Crippen LogP contribution is -2.37. The fraction of sp³-hybridized carbons (Fsp3) is 0.520. The van der Waals surface area contributed by atoms with Crippen molar-refractivity contribution >= 4 is 17.8 Å². The largest absolute Gasteiger partial charge is 0.513 e. The highest BCUT2D eigenvalue weighted by atomic mass is 16.7. The van der Waals surface area contributed by atoms with E-state index in [1.807, 2.05) is 38.2 Å². The van der Waals surface area contributed by atoms with Gasteiger partial charge in [0.2, 0.25) is 5.95 Å². The molecule has 3 heterocycles. The van der Waals surface area contributed by atoms with Crippen LogP contribution in [0, 0.1) is 5.92 Å². The van der Waals surface area contributed by atoms with Crippen LogP contribution in [0.25, 0.3) is 5.65 Å². The van der Waals surface area contributed by atoms with Crippen molar-refractivity contribution in [2.75, 3.05) is 25.0 Å². The van der Waals surface area contributed by atoms with E-state index in [9.17, 15) is 4.79 Å². The number of carbonyl (C=O) groups is 1.